The number of aliphatic hydroxyl groups is 1. The predicted molar refractivity (Wildman–Crippen MR) is 81.6 cm³/mol. The lowest BCUT2D eigenvalue weighted by Gasteiger charge is -2.60. The minimum absolute atomic E-state index is 0.0386. The van der Waals surface area contributed by atoms with Gasteiger partial charge in [-0.2, -0.15) is 0 Å². The predicted octanol–water partition coefficient (Wildman–Crippen LogP) is 2.12. The maximum absolute atomic E-state index is 9.73. The van der Waals surface area contributed by atoms with E-state index in [1.165, 1.54) is 44.9 Å². The summed E-state index contributed by atoms with van der Waals surface area (Å²) in [6, 6.07) is 0. The van der Waals surface area contributed by atoms with Gasteiger partial charge < -0.3 is 15.7 Å². The number of nitrogens with two attached hydrogens (primary N) is 1. The van der Waals surface area contributed by atoms with Crippen molar-refractivity contribution >= 4 is 5.96 Å². The Morgan fingerprint density at radius 2 is 1.70 bits per heavy atom. The van der Waals surface area contributed by atoms with Crippen LogP contribution in [0.2, 0.25) is 0 Å². The molecule has 0 amide bonds. The van der Waals surface area contributed by atoms with Gasteiger partial charge in [-0.3, -0.25) is 4.99 Å². The van der Waals surface area contributed by atoms with Crippen molar-refractivity contribution in [1.82, 2.24) is 4.90 Å². The molecular weight excluding hydrogens is 250 g/mol. The Labute approximate surface area is 122 Å². The maximum atomic E-state index is 9.73. The normalized spacial score (nSPS) is 28.6. The molecule has 2 aliphatic carbocycles. The van der Waals surface area contributed by atoms with E-state index in [0.29, 0.717) is 17.9 Å². The Balaban J connectivity index is 1.55. The third-order valence-electron chi connectivity index (χ3n) is 5.76. The van der Waals surface area contributed by atoms with Crippen molar-refractivity contribution in [2.75, 3.05) is 26.2 Å². The van der Waals surface area contributed by atoms with Gasteiger partial charge in [-0.15, -0.1) is 0 Å². The average Bonchev–Trinajstić information content (AvgIpc) is 2.64. The van der Waals surface area contributed by atoms with E-state index >= 15 is 0 Å². The fourth-order valence-electron chi connectivity index (χ4n) is 4.49. The number of hydrogen-bond acceptors (Lipinski definition) is 2. The summed E-state index contributed by atoms with van der Waals surface area (Å²) in [5, 5.41) is 9.73. The van der Waals surface area contributed by atoms with E-state index in [0.717, 1.165) is 25.9 Å². The van der Waals surface area contributed by atoms with Gasteiger partial charge in [0.25, 0.3) is 0 Å². The van der Waals surface area contributed by atoms with E-state index in [2.05, 4.69) is 9.89 Å². The van der Waals surface area contributed by atoms with Gasteiger partial charge in [-0.25, -0.2) is 0 Å². The van der Waals surface area contributed by atoms with Crippen molar-refractivity contribution in [1.29, 1.82) is 0 Å². The molecule has 3 aliphatic rings. The lowest BCUT2D eigenvalue weighted by molar-refractivity contribution is -0.115. The fourth-order valence-corrected chi connectivity index (χ4v) is 4.49. The SMILES string of the molecule is NC(=NCC1(CO)CC2(CCC2)C1)N1CCCCCC1. The topological polar surface area (TPSA) is 61.9 Å². The molecule has 1 saturated heterocycles. The smallest absolute Gasteiger partial charge is 0.191 e. The summed E-state index contributed by atoms with van der Waals surface area (Å²) in [4.78, 5) is 6.87. The summed E-state index contributed by atoms with van der Waals surface area (Å²) >= 11 is 0. The van der Waals surface area contributed by atoms with Crippen LogP contribution in [0.15, 0.2) is 4.99 Å². The molecule has 114 valence electrons. The number of aliphatic imine (C=N–C) groups is 1. The first-order valence-corrected chi connectivity index (χ1v) is 8.33. The van der Waals surface area contributed by atoms with Crippen molar-refractivity contribution in [2.45, 2.75) is 57.8 Å². The van der Waals surface area contributed by atoms with Crippen molar-refractivity contribution in [2.24, 2.45) is 21.6 Å². The van der Waals surface area contributed by atoms with Crippen LogP contribution in [0.1, 0.15) is 57.8 Å². The lowest BCUT2D eigenvalue weighted by atomic mass is 9.45. The lowest BCUT2D eigenvalue weighted by Crippen LogP contribution is -2.54. The Hall–Kier alpha value is -0.770. The molecule has 0 atom stereocenters. The highest BCUT2D eigenvalue weighted by Gasteiger charge is 2.56. The summed E-state index contributed by atoms with van der Waals surface area (Å²) in [5.41, 5.74) is 6.78. The average molecular weight is 279 g/mol. The van der Waals surface area contributed by atoms with Gasteiger partial charge in [0.2, 0.25) is 0 Å². The van der Waals surface area contributed by atoms with Crippen LogP contribution in [0.3, 0.4) is 0 Å². The zero-order chi connectivity index (χ0) is 14.1. The Kier molecular flexibility index (Phi) is 3.93. The number of hydrogen-bond donors (Lipinski definition) is 2. The van der Waals surface area contributed by atoms with Crippen LogP contribution in [0.4, 0.5) is 0 Å². The van der Waals surface area contributed by atoms with Crippen molar-refractivity contribution < 1.29 is 5.11 Å². The summed E-state index contributed by atoms with van der Waals surface area (Å²) in [6.07, 6.45) is 11.5. The number of guanidine groups is 1. The third kappa shape index (κ3) is 2.67. The first-order valence-electron chi connectivity index (χ1n) is 8.33. The molecule has 3 N–H and O–H groups in total. The standard InChI is InChI=1S/C16H29N3O/c17-14(19-8-3-1-2-4-9-19)18-12-16(13-20)10-15(11-16)6-5-7-15/h20H,1-13H2,(H2,17,18). The van der Waals surface area contributed by atoms with Gasteiger partial charge in [-0.05, 0) is 43.9 Å². The van der Waals surface area contributed by atoms with E-state index in [1.807, 2.05) is 0 Å². The highest BCUT2D eigenvalue weighted by molar-refractivity contribution is 5.78. The molecule has 2 saturated carbocycles. The number of nitrogens with zero attached hydrogens (tertiary/aromatic N) is 2. The van der Waals surface area contributed by atoms with Crippen LogP contribution in [-0.4, -0.2) is 42.2 Å². The molecule has 1 heterocycles. The maximum Gasteiger partial charge on any atom is 0.191 e. The first-order chi connectivity index (χ1) is 9.67. The van der Waals surface area contributed by atoms with Gasteiger partial charge in [0.1, 0.15) is 0 Å². The van der Waals surface area contributed by atoms with Gasteiger partial charge in [-0.1, -0.05) is 19.3 Å². The molecule has 3 fully saturated rings. The second kappa shape index (κ2) is 5.55. The number of rotatable bonds is 3. The molecule has 0 aromatic heterocycles. The molecule has 3 rings (SSSR count). The summed E-state index contributed by atoms with van der Waals surface area (Å²) < 4.78 is 0. The molecule has 0 aromatic rings. The quantitative estimate of drug-likeness (QED) is 0.614. The Morgan fingerprint density at radius 3 is 2.20 bits per heavy atom. The van der Waals surface area contributed by atoms with Crippen molar-refractivity contribution in [3.05, 3.63) is 0 Å². The highest BCUT2D eigenvalue weighted by atomic mass is 16.3. The van der Waals surface area contributed by atoms with Crippen molar-refractivity contribution in [3.8, 4) is 0 Å². The monoisotopic (exact) mass is 279 g/mol. The Bertz CT molecular complexity index is 360. The minimum atomic E-state index is 0.0386. The minimum Gasteiger partial charge on any atom is -0.396 e. The first kappa shape index (κ1) is 14.2. The summed E-state index contributed by atoms with van der Waals surface area (Å²) in [5.74, 6) is 0.703. The zero-order valence-electron chi connectivity index (χ0n) is 12.6. The van der Waals surface area contributed by atoms with Gasteiger partial charge in [0, 0.05) is 18.5 Å². The van der Waals surface area contributed by atoms with E-state index in [-0.39, 0.29) is 12.0 Å². The van der Waals surface area contributed by atoms with Crippen LogP contribution >= 0.6 is 0 Å². The molecule has 20 heavy (non-hydrogen) atoms. The number of aliphatic hydroxyl groups excluding tert-OH is 1. The second-order valence-corrected chi connectivity index (χ2v) is 7.44. The molecule has 1 spiro atoms. The van der Waals surface area contributed by atoms with Crippen LogP contribution in [-0.2, 0) is 0 Å². The van der Waals surface area contributed by atoms with Gasteiger partial charge in [0.05, 0.1) is 13.2 Å². The van der Waals surface area contributed by atoms with Crippen LogP contribution in [0, 0.1) is 10.8 Å². The van der Waals surface area contributed by atoms with Gasteiger partial charge in [0.15, 0.2) is 5.96 Å². The molecule has 0 aromatic carbocycles. The van der Waals surface area contributed by atoms with Crippen molar-refractivity contribution in [3.63, 3.8) is 0 Å². The zero-order valence-corrected chi connectivity index (χ0v) is 12.6. The third-order valence-corrected chi connectivity index (χ3v) is 5.76. The molecule has 0 bridgehead atoms. The van der Waals surface area contributed by atoms with Gasteiger partial charge >= 0.3 is 0 Å². The number of likely N-dealkylation sites (tertiary alicyclic amines) is 1. The molecule has 0 unspecified atom stereocenters. The molecule has 0 radical (unpaired) electrons. The fraction of sp³-hybridized carbons (Fsp3) is 0.938. The molecule has 1 aliphatic heterocycles. The summed E-state index contributed by atoms with van der Waals surface area (Å²) in [7, 11) is 0. The Morgan fingerprint density at radius 1 is 1.05 bits per heavy atom. The molecular formula is C16H29N3O. The van der Waals surface area contributed by atoms with Crippen LogP contribution in [0.25, 0.3) is 0 Å². The van der Waals surface area contributed by atoms with E-state index < -0.39 is 0 Å². The largest absolute Gasteiger partial charge is 0.396 e. The molecule has 4 heteroatoms. The second-order valence-electron chi connectivity index (χ2n) is 7.44. The van der Waals surface area contributed by atoms with Crippen LogP contribution in [0.5, 0.6) is 0 Å². The highest BCUT2D eigenvalue weighted by Crippen LogP contribution is 2.64. The van der Waals surface area contributed by atoms with Crippen LogP contribution < -0.4 is 5.73 Å². The van der Waals surface area contributed by atoms with E-state index in [9.17, 15) is 5.11 Å². The molecule has 4 nitrogen and oxygen atoms in total. The summed E-state index contributed by atoms with van der Waals surface area (Å²) in [6.45, 7) is 3.08. The van der Waals surface area contributed by atoms with E-state index in [1.54, 1.807) is 0 Å². The van der Waals surface area contributed by atoms with E-state index in [4.69, 9.17) is 5.73 Å².